The van der Waals surface area contributed by atoms with Crippen LogP contribution in [0.1, 0.15) is 85.3 Å². The van der Waals surface area contributed by atoms with Gasteiger partial charge >= 0.3 is 0 Å². The Morgan fingerprint density at radius 2 is 1.36 bits per heavy atom. The zero-order chi connectivity index (χ0) is 21.4. The van der Waals surface area contributed by atoms with Gasteiger partial charge in [-0.3, -0.25) is 0 Å². The van der Waals surface area contributed by atoms with Crippen molar-refractivity contribution < 1.29 is 0 Å². The highest BCUT2D eigenvalue weighted by molar-refractivity contribution is 5.75. The van der Waals surface area contributed by atoms with E-state index in [1.165, 1.54) is 41.5 Å². The van der Waals surface area contributed by atoms with Crippen molar-refractivity contribution in [2.75, 3.05) is 0 Å². The van der Waals surface area contributed by atoms with Crippen LogP contribution in [0.5, 0.6) is 0 Å². The Bertz CT molecular complexity index is 621. The summed E-state index contributed by atoms with van der Waals surface area (Å²) in [6.07, 6.45) is 18.9. The molecular weight excluding hydrogens is 336 g/mol. The molecule has 0 aromatic heterocycles. The van der Waals surface area contributed by atoms with Crippen molar-refractivity contribution in [1.82, 2.24) is 0 Å². The van der Waals surface area contributed by atoms with Crippen LogP contribution < -0.4 is 0 Å². The topological polar surface area (TPSA) is 0 Å². The number of allylic oxidation sites excluding steroid dienone is 8. The predicted octanol–water partition coefficient (Wildman–Crippen LogP) is 9.34. The first-order valence-electron chi connectivity index (χ1n) is 11.4. The van der Waals surface area contributed by atoms with Crippen molar-refractivity contribution in [3.8, 4) is 0 Å². The molecule has 2 aliphatic rings. The lowest BCUT2D eigenvalue weighted by molar-refractivity contribution is 0.699. The standard InChI is InChI=1S/C20H22.2C3H8.C2H6/c1-15-3-7-17(8-4-15)19-11-13-20(14-12-19)18-9-5-16(2)6-10-18;2*1-3-2;1-2/h3-5,7-13,16,20H,6,14H2,1-2H3;2*3H2,1-2H3;1-2H3. The molecule has 0 heterocycles. The van der Waals surface area contributed by atoms with Crippen molar-refractivity contribution in [3.05, 3.63) is 77.4 Å². The molecule has 0 fully saturated rings. The number of benzene rings is 1. The lowest BCUT2D eigenvalue weighted by atomic mass is 9.84. The fourth-order valence-electron chi connectivity index (χ4n) is 2.85. The Balaban J connectivity index is 0.000000796. The van der Waals surface area contributed by atoms with Gasteiger partial charge < -0.3 is 0 Å². The van der Waals surface area contributed by atoms with E-state index in [0.29, 0.717) is 11.8 Å². The van der Waals surface area contributed by atoms with Crippen LogP contribution in [0.2, 0.25) is 0 Å². The van der Waals surface area contributed by atoms with Gasteiger partial charge in [0.25, 0.3) is 0 Å². The molecule has 0 amide bonds. The van der Waals surface area contributed by atoms with E-state index >= 15 is 0 Å². The molecule has 0 N–H and O–H groups in total. The van der Waals surface area contributed by atoms with Gasteiger partial charge in [0, 0.05) is 5.92 Å². The summed E-state index contributed by atoms with van der Waals surface area (Å²) in [7, 11) is 0. The molecule has 1 aromatic carbocycles. The second kappa shape index (κ2) is 16.2. The average Bonchev–Trinajstić information content (AvgIpc) is 2.72. The minimum atomic E-state index is 0.563. The van der Waals surface area contributed by atoms with E-state index in [2.05, 4.69) is 102 Å². The molecule has 2 aliphatic carbocycles. The summed E-state index contributed by atoms with van der Waals surface area (Å²) in [6, 6.07) is 8.80. The van der Waals surface area contributed by atoms with Crippen molar-refractivity contribution >= 4 is 5.57 Å². The minimum absolute atomic E-state index is 0.563. The van der Waals surface area contributed by atoms with E-state index in [1.54, 1.807) is 0 Å². The van der Waals surface area contributed by atoms with Crippen LogP contribution >= 0.6 is 0 Å². The first-order chi connectivity index (χ1) is 13.5. The van der Waals surface area contributed by atoms with Gasteiger partial charge in [-0.15, -0.1) is 0 Å². The molecule has 3 rings (SSSR count). The Morgan fingerprint density at radius 3 is 1.79 bits per heavy atom. The zero-order valence-electron chi connectivity index (χ0n) is 19.8. The Hall–Kier alpha value is -1.82. The van der Waals surface area contributed by atoms with Gasteiger partial charge in [0.15, 0.2) is 0 Å². The van der Waals surface area contributed by atoms with E-state index < -0.39 is 0 Å². The SMILES string of the molecule is CC.CCC.CCC.Cc1ccc(C2=CCC(C3=CCC(C)C=C3)C=C2)cc1. The predicted molar refractivity (Wildman–Crippen MR) is 131 cm³/mol. The maximum absolute atomic E-state index is 2.41. The van der Waals surface area contributed by atoms with Crippen LogP contribution in [0.25, 0.3) is 5.57 Å². The summed E-state index contributed by atoms with van der Waals surface area (Å²) >= 11 is 0. The van der Waals surface area contributed by atoms with Crippen molar-refractivity contribution in [3.63, 3.8) is 0 Å². The van der Waals surface area contributed by atoms with E-state index in [9.17, 15) is 0 Å². The molecule has 2 atom stereocenters. The van der Waals surface area contributed by atoms with Crippen LogP contribution in [0.3, 0.4) is 0 Å². The molecule has 0 heteroatoms. The fraction of sp³-hybridized carbons (Fsp3) is 0.500. The third-order valence-electron chi connectivity index (χ3n) is 4.26. The number of hydrogen-bond acceptors (Lipinski definition) is 0. The van der Waals surface area contributed by atoms with E-state index in [0.717, 1.165) is 6.42 Å². The second-order valence-corrected chi connectivity index (χ2v) is 7.42. The first kappa shape index (κ1) is 26.2. The molecule has 1 aromatic rings. The summed E-state index contributed by atoms with van der Waals surface area (Å²) in [6.45, 7) is 16.9. The lowest BCUT2D eigenvalue weighted by Gasteiger charge is -2.21. The van der Waals surface area contributed by atoms with Gasteiger partial charge in [-0.1, -0.05) is 128 Å². The molecule has 0 spiro atoms. The molecule has 2 unspecified atom stereocenters. The minimum Gasteiger partial charge on any atom is -0.0811 e. The molecule has 0 saturated carbocycles. The Labute approximate surface area is 176 Å². The largest absolute Gasteiger partial charge is 0.0811 e. The second-order valence-electron chi connectivity index (χ2n) is 7.42. The lowest BCUT2D eigenvalue weighted by Crippen LogP contribution is -2.05. The summed E-state index contributed by atoms with van der Waals surface area (Å²) in [5, 5.41) is 0. The third-order valence-corrected chi connectivity index (χ3v) is 4.26. The van der Waals surface area contributed by atoms with Gasteiger partial charge in [0.05, 0.1) is 0 Å². The van der Waals surface area contributed by atoms with E-state index in [1.807, 2.05) is 13.8 Å². The quantitative estimate of drug-likeness (QED) is 0.479. The summed E-state index contributed by atoms with van der Waals surface area (Å²) < 4.78 is 0. The first-order valence-corrected chi connectivity index (χ1v) is 11.4. The maximum Gasteiger partial charge on any atom is 0.00528 e. The molecular formula is C28H44. The van der Waals surface area contributed by atoms with Crippen molar-refractivity contribution in [1.29, 1.82) is 0 Å². The van der Waals surface area contributed by atoms with Gasteiger partial charge in [-0.05, 0) is 42.4 Å². The highest BCUT2D eigenvalue weighted by atomic mass is 14.2. The van der Waals surface area contributed by atoms with Crippen molar-refractivity contribution in [2.45, 2.75) is 81.1 Å². The maximum atomic E-state index is 2.41. The summed E-state index contributed by atoms with van der Waals surface area (Å²) in [4.78, 5) is 0. The van der Waals surface area contributed by atoms with E-state index in [-0.39, 0.29) is 0 Å². The smallest absolute Gasteiger partial charge is 0.00528 e. The molecule has 0 aliphatic heterocycles. The Morgan fingerprint density at radius 1 is 0.786 bits per heavy atom. The molecule has 156 valence electrons. The van der Waals surface area contributed by atoms with Crippen LogP contribution in [-0.4, -0.2) is 0 Å². The number of aryl methyl sites for hydroxylation is 1. The average molecular weight is 381 g/mol. The normalized spacial score (nSPS) is 19.6. The van der Waals surface area contributed by atoms with Crippen LogP contribution in [-0.2, 0) is 0 Å². The van der Waals surface area contributed by atoms with Crippen molar-refractivity contribution in [2.24, 2.45) is 11.8 Å². The Kier molecular flexibility index (Phi) is 15.1. The molecule has 28 heavy (non-hydrogen) atoms. The summed E-state index contributed by atoms with van der Waals surface area (Å²) in [5.41, 5.74) is 5.49. The number of rotatable bonds is 2. The van der Waals surface area contributed by atoms with Gasteiger partial charge in [-0.2, -0.15) is 0 Å². The van der Waals surface area contributed by atoms with Gasteiger partial charge in [0.1, 0.15) is 0 Å². The molecule has 0 saturated heterocycles. The highest BCUT2D eigenvalue weighted by Crippen LogP contribution is 2.31. The third kappa shape index (κ3) is 9.93. The van der Waals surface area contributed by atoms with Gasteiger partial charge in [-0.25, -0.2) is 0 Å². The van der Waals surface area contributed by atoms with Crippen LogP contribution in [0.4, 0.5) is 0 Å². The van der Waals surface area contributed by atoms with Crippen LogP contribution in [0, 0.1) is 18.8 Å². The van der Waals surface area contributed by atoms with Gasteiger partial charge in [0.2, 0.25) is 0 Å². The number of hydrogen-bond donors (Lipinski definition) is 0. The molecule has 0 bridgehead atoms. The monoisotopic (exact) mass is 380 g/mol. The highest BCUT2D eigenvalue weighted by Gasteiger charge is 2.15. The zero-order valence-corrected chi connectivity index (χ0v) is 19.8. The fourth-order valence-corrected chi connectivity index (χ4v) is 2.85. The van der Waals surface area contributed by atoms with E-state index in [4.69, 9.17) is 0 Å². The molecule has 0 nitrogen and oxygen atoms in total. The summed E-state index contributed by atoms with van der Waals surface area (Å²) in [5.74, 6) is 1.26. The van der Waals surface area contributed by atoms with Crippen LogP contribution in [0.15, 0.2) is 66.3 Å². The molecule has 0 radical (unpaired) electrons.